The Hall–Kier alpha value is -2.50. The van der Waals surface area contributed by atoms with Crippen LogP contribution in [0.1, 0.15) is 37.8 Å². The van der Waals surface area contributed by atoms with E-state index in [2.05, 4.69) is 15.7 Å². The van der Waals surface area contributed by atoms with E-state index in [-0.39, 0.29) is 12.1 Å². The molecule has 0 aliphatic heterocycles. The summed E-state index contributed by atoms with van der Waals surface area (Å²) in [7, 11) is 1.64. The first-order chi connectivity index (χ1) is 11.2. The summed E-state index contributed by atoms with van der Waals surface area (Å²) in [5.41, 5.74) is 1.81. The third kappa shape index (κ3) is 3.47. The van der Waals surface area contributed by atoms with E-state index in [1.807, 2.05) is 37.4 Å². The van der Waals surface area contributed by atoms with Gasteiger partial charge in [0.2, 0.25) is 0 Å². The lowest BCUT2D eigenvalue weighted by Crippen LogP contribution is -2.45. The van der Waals surface area contributed by atoms with E-state index in [0.717, 1.165) is 29.8 Å². The van der Waals surface area contributed by atoms with Crippen molar-refractivity contribution in [2.24, 2.45) is 0 Å². The molecule has 1 aliphatic rings. The van der Waals surface area contributed by atoms with Crippen LogP contribution in [0.5, 0.6) is 5.75 Å². The van der Waals surface area contributed by atoms with Crippen LogP contribution in [0.4, 0.5) is 4.79 Å². The number of carbonyl (C=O) groups is 1. The van der Waals surface area contributed by atoms with Gasteiger partial charge in [0.15, 0.2) is 0 Å². The number of carbonyl (C=O) groups excluding carboxylic acids is 1. The molecule has 6 heteroatoms. The van der Waals surface area contributed by atoms with Crippen molar-refractivity contribution in [2.45, 2.75) is 38.3 Å². The van der Waals surface area contributed by atoms with Crippen molar-refractivity contribution < 1.29 is 9.53 Å². The minimum Gasteiger partial charge on any atom is -0.494 e. The Morgan fingerprint density at radius 1 is 1.39 bits per heavy atom. The molecule has 1 fully saturated rings. The molecule has 2 aromatic rings. The van der Waals surface area contributed by atoms with Crippen LogP contribution in [0.3, 0.4) is 0 Å². The van der Waals surface area contributed by atoms with Gasteiger partial charge in [0.05, 0.1) is 19.3 Å². The Morgan fingerprint density at radius 3 is 2.87 bits per heavy atom. The lowest BCUT2D eigenvalue weighted by molar-refractivity contribution is 0.225. The summed E-state index contributed by atoms with van der Waals surface area (Å²) < 4.78 is 7.12. The number of hydrogen-bond acceptors (Lipinski definition) is 3. The predicted molar refractivity (Wildman–Crippen MR) is 87.8 cm³/mol. The minimum atomic E-state index is -0.118. The number of rotatable bonds is 5. The third-order valence-corrected chi connectivity index (χ3v) is 4.22. The van der Waals surface area contributed by atoms with Crippen LogP contribution in [-0.2, 0) is 0 Å². The van der Waals surface area contributed by atoms with Gasteiger partial charge in [0.1, 0.15) is 11.4 Å². The smallest absolute Gasteiger partial charge is 0.315 e. The van der Waals surface area contributed by atoms with E-state index < -0.39 is 0 Å². The van der Waals surface area contributed by atoms with Crippen molar-refractivity contribution in [3.05, 3.63) is 42.2 Å². The lowest BCUT2D eigenvalue weighted by atomic mass is 9.93. The van der Waals surface area contributed by atoms with Crippen molar-refractivity contribution in [1.82, 2.24) is 20.4 Å². The first-order valence-corrected chi connectivity index (χ1v) is 7.92. The normalized spacial score (nSPS) is 15.6. The van der Waals surface area contributed by atoms with E-state index in [1.165, 1.54) is 6.42 Å². The van der Waals surface area contributed by atoms with E-state index in [0.29, 0.717) is 6.04 Å². The molecule has 0 bridgehead atoms. The Morgan fingerprint density at radius 2 is 2.17 bits per heavy atom. The van der Waals surface area contributed by atoms with Gasteiger partial charge in [-0.3, -0.25) is 0 Å². The maximum Gasteiger partial charge on any atom is 0.315 e. The van der Waals surface area contributed by atoms with Gasteiger partial charge in [0, 0.05) is 17.8 Å². The molecule has 0 spiro atoms. The zero-order valence-electron chi connectivity index (χ0n) is 13.5. The van der Waals surface area contributed by atoms with Crippen LogP contribution in [0.2, 0.25) is 0 Å². The number of urea groups is 1. The third-order valence-electron chi connectivity index (χ3n) is 4.22. The fraction of sp³-hybridized carbons (Fsp3) is 0.412. The summed E-state index contributed by atoms with van der Waals surface area (Å²) in [6.45, 7) is 1.95. The molecule has 0 saturated heterocycles. The fourth-order valence-electron chi connectivity index (χ4n) is 2.57. The number of methoxy groups -OCH3 is 1. The number of nitrogens with zero attached hydrogens (tertiary/aromatic N) is 2. The number of benzene rings is 1. The second kappa shape index (κ2) is 6.73. The maximum absolute atomic E-state index is 11.9. The van der Waals surface area contributed by atoms with Crippen molar-refractivity contribution >= 4 is 6.03 Å². The molecule has 3 rings (SSSR count). The standard InChI is InChI=1S/C17H22N4O2/c1-12(19-17(22)20-14-6-5-7-14)13-10-18-21(11-13)15-8-3-4-9-16(15)23-2/h3-4,8-12,14H,5-7H2,1-2H3,(H2,19,20,22)/t12-/m0/s1. The summed E-state index contributed by atoms with van der Waals surface area (Å²) >= 11 is 0. The van der Waals surface area contributed by atoms with Crippen LogP contribution in [0, 0.1) is 0 Å². The van der Waals surface area contributed by atoms with Crippen LogP contribution in [-0.4, -0.2) is 29.0 Å². The van der Waals surface area contributed by atoms with Crippen LogP contribution < -0.4 is 15.4 Å². The zero-order chi connectivity index (χ0) is 16.2. The first kappa shape index (κ1) is 15.4. The van der Waals surface area contributed by atoms with Gasteiger partial charge in [-0.05, 0) is 38.3 Å². The van der Waals surface area contributed by atoms with Crippen molar-refractivity contribution in [1.29, 1.82) is 0 Å². The molecule has 1 aliphatic carbocycles. The SMILES string of the molecule is COc1ccccc1-n1cc([C@H](C)NC(=O)NC2CCC2)cn1. The first-order valence-electron chi connectivity index (χ1n) is 7.92. The quantitative estimate of drug-likeness (QED) is 0.891. The highest BCUT2D eigenvalue weighted by atomic mass is 16.5. The highest BCUT2D eigenvalue weighted by Gasteiger charge is 2.20. The molecule has 0 radical (unpaired) electrons. The number of ether oxygens (including phenoxy) is 1. The van der Waals surface area contributed by atoms with Crippen molar-refractivity contribution in [3.63, 3.8) is 0 Å². The number of nitrogens with one attached hydrogen (secondary N) is 2. The molecule has 1 saturated carbocycles. The van der Waals surface area contributed by atoms with Gasteiger partial charge in [-0.2, -0.15) is 5.10 Å². The Balaban J connectivity index is 1.67. The summed E-state index contributed by atoms with van der Waals surface area (Å²) in [5.74, 6) is 0.755. The van der Waals surface area contributed by atoms with Gasteiger partial charge in [-0.15, -0.1) is 0 Å². The van der Waals surface area contributed by atoms with Gasteiger partial charge in [0.25, 0.3) is 0 Å². The summed E-state index contributed by atoms with van der Waals surface area (Å²) in [6.07, 6.45) is 7.03. The second-order valence-electron chi connectivity index (χ2n) is 5.86. The largest absolute Gasteiger partial charge is 0.494 e. The Labute approximate surface area is 135 Å². The molecule has 0 unspecified atom stereocenters. The average Bonchev–Trinajstić information content (AvgIpc) is 3.01. The van der Waals surface area contributed by atoms with Gasteiger partial charge >= 0.3 is 6.03 Å². The molecule has 1 heterocycles. The second-order valence-corrected chi connectivity index (χ2v) is 5.86. The number of hydrogen-bond donors (Lipinski definition) is 2. The maximum atomic E-state index is 11.9. The molecule has 1 atom stereocenters. The Kier molecular flexibility index (Phi) is 4.50. The van der Waals surface area contributed by atoms with Gasteiger partial charge < -0.3 is 15.4 Å². The number of aromatic nitrogens is 2. The molecule has 1 aromatic carbocycles. The van der Waals surface area contributed by atoms with Crippen LogP contribution >= 0.6 is 0 Å². The molecular weight excluding hydrogens is 292 g/mol. The molecular formula is C17H22N4O2. The van der Waals surface area contributed by atoms with Crippen molar-refractivity contribution in [3.8, 4) is 11.4 Å². The summed E-state index contributed by atoms with van der Waals surface area (Å²) in [4.78, 5) is 11.9. The number of para-hydroxylation sites is 2. The Bertz CT molecular complexity index is 679. The molecule has 2 amide bonds. The van der Waals surface area contributed by atoms with Crippen LogP contribution in [0.25, 0.3) is 5.69 Å². The van der Waals surface area contributed by atoms with E-state index >= 15 is 0 Å². The van der Waals surface area contributed by atoms with E-state index in [4.69, 9.17) is 4.74 Å². The highest BCUT2D eigenvalue weighted by molar-refractivity contribution is 5.74. The minimum absolute atomic E-state index is 0.112. The van der Waals surface area contributed by atoms with E-state index in [9.17, 15) is 4.79 Å². The summed E-state index contributed by atoms with van der Waals surface area (Å²) in [5, 5.41) is 10.3. The molecule has 1 aromatic heterocycles. The van der Waals surface area contributed by atoms with Gasteiger partial charge in [-0.1, -0.05) is 12.1 Å². The molecule has 122 valence electrons. The molecule has 6 nitrogen and oxygen atoms in total. The molecule has 2 N–H and O–H groups in total. The topological polar surface area (TPSA) is 68.2 Å². The number of amides is 2. The summed E-state index contributed by atoms with van der Waals surface area (Å²) in [6, 6.07) is 7.79. The fourth-order valence-corrected chi connectivity index (χ4v) is 2.57. The monoisotopic (exact) mass is 314 g/mol. The predicted octanol–water partition coefficient (Wildman–Crippen LogP) is 2.79. The molecule has 23 heavy (non-hydrogen) atoms. The average molecular weight is 314 g/mol. The van der Waals surface area contributed by atoms with Gasteiger partial charge in [-0.25, -0.2) is 9.48 Å². The van der Waals surface area contributed by atoms with E-state index in [1.54, 1.807) is 18.0 Å². The lowest BCUT2D eigenvalue weighted by Gasteiger charge is -2.27. The van der Waals surface area contributed by atoms with Crippen LogP contribution in [0.15, 0.2) is 36.7 Å². The highest BCUT2D eigenvalue weighted by Crippen LogP contribution is 2.23. The van der Waals surface area contributed by atoms with Crippen molar-refractivity contribution in [2.75, 3.05) is 7.11 Å². The zero-order valence-corrected chi connectivity index (χ0v) is 13.5.